The van der Waals surface area contributed by atoms with Gasteiger partial charge >= 0.3 is 0 Å². The molecule has 1 aliphatic carbocycles. The van der Waals surface area contributed by atoms with Crippen molar-refractivity contribution in [3.63, 3.8) is 0 Å². The second-order valence-electron chi connectivity index (χ2n) is 5.56. The molecule has 1 N–H and O–H groups in total. The topological polar surface area (TPSA) is 81.0 Å². The summed E-state index contributed by atoms with van der Waals surface area (Å²) in [5, 5.41) is 23.4. The average Bonchev–Trinajstić information content (AvgIpc) is 3.02. The van der Waals surface area contributed by atoms with Gasteiger partial charge in [-0.05, 0) is 18.4 Å². The van der Waals surface area contributed by atoms with E-state index in [9.17, 15) is 10.1 Å². The van der Waals surface area contributed by atoms with E-state index in [1.807, 2.05) is 0 Å². The van der Waals surface area contributed by atoms with Gasteiger partial charge in [0.25, 0.3) is 5.69 Å². The molecule has 23 heavy (non-hydrogen) atoms. The van der Waals surface area contributed by atoms with Crippen molar-refractivity contribution in [3.8, 4) is 0 Å². The van der Waals surface area contributed by atoms with E-state index in [4.69, 9.17) is 0 Å². The second-order valence-corrected chi connectivity index (χ2v) is 7.76. The molecule has 0 amide bonds. The molecule has 3 rings (SSSR count). The van der Waals surface area contributed by atoms with Gasteiger partial charge in [-0.25, -0.2) is 0 Å². The number of non-ortho nitro benzene ring substituents is 1. The van der Waals surface area contributed by atoms with Gasteiger partial charge in [0, 0.05) is 23.9 Å². The van der Waals surface area contributed by atoms with Crippen LogP contribution in [-0.4, -0.2) is 21.2 Å². The average molecular weight is 350 g/mol. The van der Waals surface area contributed by atoms with Crippen LogP contribution in [0.5, 0.6) is 0 Å². The Morgan fingerprint density at radius 2 is 1.96 bits per heavy atom. The first-order chi connectivity index (χ1) is 11.2. The number of aromatic nitrogens is 2. The number of hydrogen-bond acceptors (Lipinski definition) is 7. The van der Waals surface area contributed by atoms with Gasteiger partial charge in [0.05, 0.1) is 4.92 Å². The van der Waals surface area contributed by atoms with E-state index in [1.165, 1.54) is 44.2 Å². The third-order valence-corrected chi connectivity index (χ3v) is 5.91. The monoisotopic (exact) mass is 350 g/mol. The van der Waals surface area contributed by atoms with Gasteiger partial charge in [-0.3, -0.25) is 10.1 Å². The third-order valence-electron chi connectivity index (χ3n) is 3.85. The van der Waals surface area contributed by atoms with Crippen molar-refractivity contribution < 1.29 is 4.92 Å². The lowest BCUT2D eigenvalue weighted by atomic mass is 9.96. The Bertz CT molecular complexity index is 654. The summed E-state index contributed by atoms with van der Waals surface area (Å²) in [7, 11) is 0. The smallest absolute Gasteiger partial charge is 0.269 e. The van der Waals surface area contributed by atoms with E-state index < -0.39 is 0 Å². The van der Waals surface area contributed by atoms with Crippen LogP contribution in [0.4, 0.5) is 10.8 Å². The number of nitro benzene ring substituents is 1. The molecule has 0 bridgehead atoms. The third kappa shape index (κ3) is 4.65. The zero-order chi connectivity index (χ0) is 16.1. The van der Waals surface area contributed by atoms with Crippen molar-refractivity contribution >= 4 is 33.9 Å². The van der Waals surface area contributed by atoms with E-state index in [1.54, 1.807) is 35.2 Å². The summed E-state index contributed by atoms with van der Waals surface area (Å²) in [5.41, 5.74) is 1.16. The lowest BCUT2D eigenvalue weighted by Gasteiger charge is -2.21. The van der Waals surface area contributed by atoms with E-state index in [0.29, 0.717) is 6.04 Å². The van der Waals surface area contributed by atoms with Crippen molar-refractivity contribution in [1.82, 2.24) is 10.2 Å². The SMILES string of the molecule is O=[N+]([O-])c1ccc(CSc2nnc(NC3CCCCC3)s2)cc1. The first-order valence-corrected chi connectivity index (χ1v) is 9.47. The van der Waals surface area contributed by atoms with E-state index >= 15 is 0 Å². The van der Waals surface area contributed by atoms with Gasteiger partial charge < -0.3 is 5.32 Å². The summed E-state index contributed by atoms with van der Waals surface area (Å²) >= 11 is 3.18. The van der Waals surface area contributed by atoms with Gasteiger partial charge in [0.1, 0.15) is 0 Å². The summed E-state index contributed by atoms with van der Waals surface area (Å²) in [6.45, 7) is 0. The van der Waals surface area contributed by atoms with E-state index in [-0.39, 0.29) is 10.6 Å². The van der Waals surface area contributed by atoms with E-state index in [0.717, 1.165) is 20.8 Å². The van der Waals surface area contributed by atoms with Crippen LogP contribution >= 0.6 is 23.1 Å². The second kappa shape index (κ2) is 7.74. The Labute approximate surface area is 142 Å². The normalized spacial score (nSPS) is 15.5. The molecule has 0 unspecified atom stereocenters. The molecule has 6 nitrogen and oxygen atoms in total. The molecule has 1 aromatic heterocycles. The fourth-order valence-corrected chi connectivity index (χ4v) is 4.39. The van der Waals surface area contributed by atoms with Crippen LogP contribution in [0.1, 0.15) is 37.7 Å². The zero-order valence-electron chi connectivity index (χ0n) is 12.6. The molecule has 1 heterocycles. The van der Waals surface area contributed by atoms with Crippen molar-refractivity contribution in [2.45, 2.75) is 48.2 Å². The Morgan fingerprint density at radius 3 is 2.65 bits per heavy atom. The minimum Gasteiger partial charge on any atom is -0.357 e. The maximum Gasteiger partial charge on any atom is 0.269 e. The maximum atomic E-state index is 10.6. The number of thioether (sulfide) groups is 1. The van der Waals surface area contributed by atoms with Gasteiger partial charge in [0.15, 0.2) is 4.34 Å². The summed E-state index contributed by atoms with van der Waals surface area (Å²) in [4.78, 5) is 10.3. The Hall–Kier alpha value is -1.67. The number of benzene rings is 1. The molecule has 0 radical (unpaired) electrons. The first-order valence-electron chi connectivity index (χ1n) is 7.67. The fraction of sp³-hybridized carbons (Fsp3) is 0.467. The summed E-state index contributed by atoms with van der Waals surface area (Å²) in [6, 6.07) is 7.17. The van der Waals surface area contributed by atoms with Crippen LogP contribution in [0.25, 0.3) is 0 Å². The molecule has 0 atom stereocenters. The molecule has 1 fully saturated rings. The first kappa shape index (κ1) is 16.2. The molecule has 0 aliphatic heterocycles. The van der Waals surface area contributed by atoms with E-state index in [2.05, 4.69) is 15.5 Å². The molecular weight excluding hydrogens is 332 g/mol. The highest BCUT2D eigenvalue weighted by Gasteiger charge is 2.15. The predicted octanol–water partition coefficient (Wildman–Crippen LogP) is 4.48. The van der Waals surface area contributed by atoms with Crippen molar-refractivity contribution in [2.75, 3.05) is 5.32 Å². The largest absolute Gasteiger partial charge is 0.357 e. The molecule has 2 aromatic rings. The van der Waals surface area contributed by atoms with Crippen LogP contribution in [0.15, 0.2) is 28.6 Å². The van der Waals surface area contributed by atoms with Gasteiger partial charge in [-0.15, -0.1) is 10.2 Å². The Balaban J connectivity index is 1.51. The van der Waals surface area contributed by atoms with Crippen LogP contribution in [-0.2, 0) is 5.75 Å². The molecule has 0 spiro atoms. The van der Waals surface area contributed by atoms with Crippen molar-refractivity contribution in [1.29, 1.82) is 0 Å². The number of anilines is 1. The minimum atomic E-state index is -0.384. The number of rotatable bonds is 6. The van der Waals surface area contributed by atoms with Crippen molar-refractivity contribution in [3.05, 3.63) is 39.9 Å². The quantitative estimate of drug-likeness (QED) is 0.470. The van der Waals surface area contributed by atoms with Crippen LogP contribution in [0.2, 0.25) is 0 Å². The minimum absolute atomic E-state index is 0.119. The molecular formula is C15H18N4O2S2. The predicted molar refractivity (Wildman–Crippen MR) is 93.1 cm³/mol. The molecule has 122 valence electrons. The lowest BCUT2D eigenvalue weighted by molar-refractivity contribution is -0.384. The zero-order valence-corrected chi connectivity index (χ0v) is 14.2. The summed E-state index contributed by atoms with van der Waals surface area (Å²) in [5.74, 6) is 0.732. The van der Waals surface area contributed by atoms with Crippen LogP contribution < -0.4 is 5.32 Å². The number of nitrogens with zero attached hydrogens (tertiary/aromatic N) is 3. The van der Waals surface area contributed by atoms with Gasteiger partial charge in [-0.2, -0.15) is 0 Å². The number of nitrogens with one attached hydrogen (secondary N) is 1. The summed E-state index contributed by atoms with van der Waals surface area (Å²) < 4.78 is 0.918. The van der Waals surface area contributed by atoms with Gasteiger partial charge in [-0.1, -0.05) is 54.5 Å². The highest BCUT2D eigenvalue weighted by Crippen LogP contribution is 2.30. The maximum absolute atomic E-state index is 10.6. The fourth-order valence-electron chi connectivity index (χ4n) is 2.61. The molecule has 1 aromatic carbocycles. The van der Waals surface area contributed by atoms with Crippen LogP contribution in [0, 0.1) is 10.1 Å². The highest BCUT2D eigenvalue weighted by atomic mass is 32.2. The molecule has 1 aliphatic rings. The number of nitro groups is 1. The molecule has 0 saturated heterocycles. The Morgan fingerprint density at radius 1 is 1.22 bits per heavy atom. The van der Waals surface area contributed by atoms with Gasteiger partial charge in [0.2, 0.25) is 5.13 Å². The van der Waals surface area contributed by atoms with Crippen molar-refractivity contribution in [2.24, 2.45) is 0 Å². The molecule has 1 saturated carbocycles. The summed E-state index contributed by atoms with van der Waals surface area (Å²) in [6.07, 6.45) is 6.34. The molecule has 8 heteroatoms. The Kier molecular flexibility index (Phi) is 5.45. The van der Waals surface area contributed by atoms with Crippen LogP contribution in [0.3, 0.4) is 0 Å². The number of hydrogen-bond donors (Lipinski definition) is 1. The standard InChI is InChI=1S/C15H18N4O2S2/c20-19(21)13-8-6-11(7-9-13)10-22-15-18-17-14(23-15)16-12-4-2-1-3-5-12/h6-9,12H,1-5,10H2,(H,16,17). The lowest BCUT2D eigenvalue weighted by Crippen LogP contribution is -2.21. The highest BCUT2D eigenvalue weighted by molar-refractivity contribution is 8.00.